The van der Waals surface area contributed by atoms with Crippen LogP contribution < -0.4 is 0 Å². The second-order valence-corrected chi connectivity index (χ2v) is 5.05. The SMILES string of the molecule is CCCCc1c(O)cc(CC)c(CC)c1CCC. The molecule has 0 aromatic heterocycles. The minimum atomic E-state index is 0.529. The maximum absolute atomic E-state index is 10.3. The maximum Gasteiger partial charge on any atom is 0.119 e. The van der Waals surface area contributed by atoms with Crippen LogP contribution in [0.3, 0.4) is 0 Å². The Labute approximate surface area is 112 Å². The zero-order valence-corrected chi connectivity index (χ0v) is 12.5. The minimum Gasteiger partial charge on any atom is -0.508 e. The molecular weight excluding hydrogens is 220 g/mol. The molecule has 0 heterocycles. The second kappa shape index (κ2) is 7.45. The van der Waals surface area contributed by atoms with Crippen LogP contribution in [-0.2, 0) is 25.7 Å². The zero-order chi connectivity index (χ0) is 13.5. The average Bonchev–Trinajstić information content (AvgIpc) is 2.38. The fourth-order valence-electron chi connectivity index (χ4n) is 2.81. The van der Waals surface area contributed by atoms with E-state index in [1.807, 2.05) is 6.07 Å². The highest BCUT2D eigenvalue weighted by atomic mass is 16.3. The molecule has 0 aliphatic carbocycles. The number of benzene rings is 1. The van der Waals surface area contributed by atoms with Gasteiger partial charge >= 0.3 is 0 Å². The predicted molar refractivity (Wildman–Crippen MR) is 79.5 cm³/mol. The number of phenolic OH excluding ortho intramolecular Hbond substituents is 1. The van der Waals surface area contributed by atoms with Crippen molar-refractivity contribution in [2.75, 3.05) is 0 Å². The largest absolute Gasteiger partial charge is 0.508 e. The summed E-state index contributed by atoms with van der Waals surface area (Å²) in [6.07, 6.45) is 7.72. The molecule has 18 heavy (non-hydrogen) atoms. The van der Waals surface area contributed by atoms with Gasteiger partial charge in [0.2, 0.25) is 0 Å². The molecule has 0 saturated heterocycles. The first-order valence-corrected chi connectivity index (χ1v) is 7.54. The first-order chi connectivity index (χ1) is 8.69. The number of rotatable bonds is 7. The Morgan fingerprint density at radius 1 is 0.833 bits per heavy atom. The van der Waals surface area contributed by atoms with Crippen molar-refractivity contribution in [3.8, 4) is 5.75 Å². The number of hydrogen-bond acceptors (Lipinski definition) is 1. The molecule has 0 unspecified atom stereocenters. The van der Waals surface area contributed by atoms with Crippen molar-refractivity contribution in [1.29, 1.82) is 0 Å². The summed E-state index contributed by atoms with van der Waals surface area (Å²) in [5.41, 5.74) is 5.47. The van der Waals surface area contributed by atoms with Gasteiger partial charge in [-0.3, -0.25) is 0 Å². The van der Waals surface area contributed by atoms with Gasteiger partial charge < -0.3 is 5.11 Å². The van der Waals surface area contributed by atoms with Gasteiger partial charge in [-0.1, -0.05) is 40.5 Å². The van der Waals surface area contributed by atoms with Crippen molar-refractivity contribution in [3.63, 3.8) is 0 Å². The first kappa shape index (κ1) is 15.1. The van der Waals surface area contributed by atoms with Gasteiger partial charge in [0.25, 0.3) is 0 Å². The highest BCUT2D eigenvalue weighted by molar-refractivity contribution is 5.49. The average molecular weight is 248 g/mol. The van der Waals surface area contributed by atoms with E-state index in [0.29, 0.717) is 5.75 Å². The van der Waals surface area contributed by atoms with Gasteiger partial charge in [0, 0.05) is 0 Å². The molecule has 1 aromatic carbocycles. The van der Waals surface area contributed by atoms with E-state index in [1.165, 1.54) is 35.1 Å². The molecule has 102 valence electrons. The summed E-state index contributed by atoms with van der Waals surface area (Å²) in [5, 5.41) is 10.3. The topological polar surface area (TPSA) is 20.2 Å². The van der Waals surface area contributed by atoms with Gasteiger partial charge in [-0.15, -0.1) is 0 Å². The first-order valence-electron chi connectivity index (χ1n) is 7.54. The lowest BCUT2D eigenvalue weighted by Crippen LogP contribution is -2.04. The number of hydrogen-bond donors (Lipinski definition) is 1. The van der Waals surface area contributed by atoms with Gasteiger partial charge in [0.15, 0.2) is 0 Å². The molecule has 1 nitrogen and oxygen atoms in total. The molecule has 0 bridgehead atoms. The van der Waals surface area contributed by atoms with E-state index in [1.54, 1.807) is 0 Å². The van der Waals surface area contributed by atoms with E-state index in [-0.39, 0.29) is 0 Å². The van der Waals surface area contributed by atoms with Crippen molar-refractivity contribution in [3.05, 3.63) is 28.3 Å². The summed E-state index contributed by atoms with van der Waals surface area (Å²) < 4.78 is 0. The molecular formula is C17H28O. The maximum atomic E-state index is 10.3. The van der Waals surface area contributed by atoms with Crippen LogP contribution in [0.5, 0.6) is 5.75 Å². The zero-order valence-electron chi connectivity index (χ0n) is 12.5. The van der Waals surface area contributed by atoms with E-state index < -0.39 is 0 Å². The summed E-state index contributed by atoms with van der Waals surface area (Å²) in [4.78, 5) is 0. The molecule has 0 saturated carbocycles. The van der Waals surface area contributed by atoms with E-state index in [4.69, 9.17) is 0 Å². The lowest BCUT2D eigenvalue weighted by molar-refractivity contribution is 0.464. The van der Waals surface area contributed by atoms with Crippen LogP contribution >= 0.6 is 0 Å². The summed E-state index contributed by atoms with van der Waals surface area (Å²) in [6, 6.07) is 2.00. The van der Waals surface area contributed by atoms with Gasteiger partial charge in [0.1, 0.15) is 5.75 Å². The molecule has 0 radical (unpaired) electrons. The van der Waals surface area contributed by atoms with Gasteiger partial charge in [-0.05, 0) is 60.4 Å². The summed E-state index contributed by atoms with van der Waals surface area (Å²) in [5.74, 6) is 0.529. The molecule has 0 atom stereocenters. The number of unbranched alkanes of at least 4 members (excludes halogenated alkanes) is 1. The smallest absolute Gasteiger partial charge is 0.119 e. The van der Waals surface area contributed by atoms with E-state index in [9.17, 15) is 5.11 Å². The van der Waals surface area contributed by atoms with Crippen molar-refractivity contribution in [2.45, 2.75) is 72.6 Å². The highest BCUT2D eigenvalue weighted by Crippen LogP contribution is 2.31. The van der Waals surface area contributed by atoms with Crippen LogP contribution in [0.25, 0.3) is 0 Å². The molecule has 0 aliphatic heterocycles. The lowest BCUT2D eigenvalue weighted by atomic mass is 9.88. The normalized spacial score (nSPS) is 10.9. The quantitative estimate of drug-likeness (QED) is 0.734. The van der Waals surface area contributed by atoms with Crippen LogP contribution in [0.2, 0.25) is 0 Å². The van der Waals surface area contributed by atoms with E-state index in [2.05, 4.69) is 27.7 Å². The van der Waals surface area contributed by atoms with Crippen LogP contribution in [-0.4, -0.2) is 5.11 Å². The van der Waals surface area contributed by atoms with Crippen LogP contribution in [0.4, 0.5) is 0 Å². The van der Waals surface area contributed by atoms with Crippen molar-refractivity contribution in [2.24, 2.45) is 0 Å². The van der Waals surface area contributed by atoms with Crippen LogP contribution in [0.15, 0.2) is 6.07 Å². The third-order valence-electron chi connectivity index (χ3n) is 3.75. The Hall–Kier alpha value is -0.980. The molecule has 0 amide bonds. The molecule has 1 heteroatoms. The summed E-state index contributed by atoms with van der Waals surface area (Å²) in [7, 11) is 0. The predicted octanol–water partition coefficient (Wildman–Crippen LogP) is 4.81. The number of aromatic hydroxyl groups is 1. The minimum absolute atomic E-state index is 0.529. The van der Waals surface area contributed by atoms with Crippen molar-refractivity contribution in [1.82, 2.24) is 0 Å². The molecule has 1 N–H and O–H groups in total. The fraction of sp³-hybridized carbons (Fsp3) is 0.647. The summed E-state index contributed by atoms with van der Waals surface area (Å²) in [6.45, 7) is 8.83. The van der Waals surface area contributed by atoms with Crippen molar-refractivity contribution >= 4 is 0 Å². The van der Waals surface area contributed by atoms with Crippen LogP contribution in [0, 0.1) is 0 Å². The Kier molecular flexibility index (Phi) is 6.24. The highest BCUT2D eigenvalue weighted by Gasteiger charge is 2.14. The van der Waals surface area contributed by atoms with Gasteiger partial charge in [-0.2, -0.15) is 0 Å². The Bertz CT molecular complexity index is 380. The monoisotopic (exact) mass is 248 g/mol. The van der Waals surface area contributed by atoms with Crippen LogP contribution in [0.1, 0.15) is 69.2 Å². The standard InChI is InChI=1S/C17H28O/c1-5-9-11-16-15(10-6-2)14(8-4)13(7-3)12-17(16)18/h12,18H,5-11H2,1-4H3. The lowest BCUT2D eigenvalue weighted by Gasteiger charge is -2.19. The molecule has 0 fully saturated rings. The van der Waals surface area contributed by atoms with E-state index >= 15 is 0 Å². The van der Waals surface area contributed by atoms with Crippen molar-refractivity contribution < 1.29 is 5.11 Å². The third-order valence-corrected chi connectivity index (χ3v) is 3.75. The van der Waals surface area contributed by atoms with E-state index in [0.717, 1.165) is 32.1 Å². The Balaban J connectivity index is 3.28. The molecule has 1 aromatic rings. The number of phenols is 1. The molecule has 1 rings (SSSR count). The second-order valence-electron chi connectivity index (χ2n) is 5.05. The Morgan fingerprint density at radius 2 is 1.56 bits per heavy atom. The van der Waals surface area contributed by atoms with Gasteiger partial charge in [-0.25, -0.2) is 0 Å². The third kappa shape index (κ3) is 3.28. The number of aryl methyl sites for hydroxylation is 1. The summed E-state index contributed by atoms with van der Waals surface area (Å²) >= 11 is 0. The molecule has 0 spiro atoms. The molecule has 0 aliphatic rings. The Morgan fingerprint density at radius 3 is 2.06 bits per heavy atom. The fourth-order valence-corrected chi connectivity index (χ4v) is 2.81. The van der Waals surface area contributed by atoms with Gasteiger partial charge in [0.05, 0.1) is 0 Å².